The summed E-state index contributed by atoms with van der Waals surface area (Å²) in [5, 5.41) is 4.41. The molecule has 0 spiro atoms. The Bertz CT molecular complexity index is 767. The molecule has 0 N–H and O–H groups in total. The van der Waals surface area contributed by atoms with E-state index in [-0.39, 0.29) is 16.8 Å². The zero-order valence-corrected chi connectivity index (χ0v) is 14.9. The predicted molar refractivity (Wildman–Crippen MR) is 89.7 cm³/mol. The molecule has 128 valence electrons. The maximum Gasteiger partial charge on any atom is 0.341 e. The van der Waals surface area contributed by atoms with Gasteiger partial charge in [0.05, 0.1) is 5.56 Å². The number of carbonyl (C=O) groups is 1. The van der Waals surface area contributed by atoms with Crippen LogP contribution in [0.3, 0.4) is 0 Å². The standard InChI is InChI=1S/C17H20ClN3O3/c1-10-9-12(10)23-14-7-8-21(20-14)13-6-5-11(15(18)19-13)16(22)24-17(2,3)4/h5-8,10,12H,9H2,1-4H3/t10-,12+/m0/s1. The lowest BCUT2D eigenvalue weighted by molar-refractivity contribution is 0.00693. The zero-order valence-electron chi connectivity index (χ0n) is 14.1. The van der Waals surface area contributed by atoms with Crippen molar-refractivity contribution < 1.29 is 14.3 Å². The number of halogens is 1. The third kappa shape index (κ3) is 3.87. The summed E-state index contributed by atoms with van der Waals surface area (Å²) in [5.41, 5.74) is -0.362. The predicted octanol–water partition coefficient (Wildman–Crippen LogP) is 3.66. The maximum absolute atomic E-state index is 12.1. The van der Waals surface area contributed by atoms with Crippen LogP contribution < -0.4 is 4.74 Å². The van der Waals surface area contributed by atoms with E-state index in [9.17, 15) is 4.79 Å². The van der Waals surface area contributed by atoms with Gasteiger partial charge in [-0.15, -0.1) is 5.10 Å². The summed E-state index contributed by atoms with van der Waals surface area (Å²) in [6.07, 6.45) is 3.05. The average Bonchev–Trinajstić information content (AvgIpc) is 2.96. The highest BCUT2D eigenvalue weighted by Gasteiger charge is 2.35. The van der Waals surface area contributed by atoms with Crippen molar-refractivity contribution in [2.24, 2.45) is 5.92 Å². The number of rotatable bonds is 4. The van der Waals surface area contributed by atoms with Crippen molar-refractivity contribution in [1.82, 2.24) is 14.8 Å². The molecular weight excluding hydrogens is 330 g/mol. The van der Waals surface area contributed by atoms with Gasteiger partial charge >= 0.3 is 5.97 Å². The van der Waals surface area contributed by atoms with E-state index >= 15 is 0 Å². The Morgan fingerprint density at radius 1 is 1.33 bits per heavy atom. The van der Waals surface area contributed by atoms with Crippen molar-refractivity contribution in [2.75, 3.05) is 0 Å². The fourth-order valence-electron chi connectivity index (χ4n) is 2.14. The Morgan fingerprint density at radius 2 is 2.04 bits per heavy atom. The van der Waals surface area contributed by atoms with E-state index in [0.29, 0.717) is 17.6 Å². The van der Waals surface area contributed by atoms with Gasteiger partial charge in [-0.25, -0.2) is 14.5 Å². The Labute approximate surface area is 145 Å². The molecule has 2 atom stereocenters. The first-order valence-corrected chi connectivity index (χ1v) is 8.23. The normalized spacial score (nSPS) is 19.9. The molecule has 1 aliphatic rings. The van der Waals surface area contributed by atoms with Crippen molar-refractivity contribution in [2.45, 2.75) is 45.8 Å². The van der Waals surface area contributed by atoms with Gasteiger partial charge in [0.25, 0.3) is 0 Å². The molecule has 1 fully saturated rings. The largest absolute Gasteiger partial charge is 0.473 e. The molecule has 0 amide bonds. The first kappa shape index (κ1) is 16.8. The zero-order chi connectivity index (χ0) is 17.5. The number of hydrogen-bond donors (Lipinski definition) is 0. The molecule has 3 rings (SSSR count). The van der Waals surface area contributed by atoms with E-state index in [4.69, 9.17) is 21.1 Å². The fourth-order valence-corrected chi connectivity index (χ4v) is 2.37. The summed E-state index contributed by atoms with van der Waals surface area (Å²) in [5.74, 6) is 1.14. The van der Waals surface area contributed by atoms with E-state index < -0.39 is 11.6 Å². The van der Waals surface area contributed by atoms with E-state index in [2.05, 4.69) is 17.0 Å². The minimum absolute atomic E-state index is 0.0792. The van der Waals surface area contributed by atoms with Crippen LogP contribution in [-0.4, -0.2) is 32.4 Å². The van der Waals surface area contributed by atoms with Crippen LogP contribution in [0, 0.1) is 5.92 Å². The van der Waals surface area contributed by atoms with Crippen molar-refractivity contribution >= 4 is 17.6 Å². The van der Waals surface area contributed by atoms with Gasteiger partial charge in [0, 0.05) is 12.3 Å². The minimum Gasteiger partial charge on any atom is -0.473 e. The molecule has 0 unspecified atom stereocenters. The van der Waals surface area contributed by atoms with Gasteiger partial charge in [0.15, 0.2) is 5.82 Å². The number of esters is 1. The van der Waals surface area contributed by atoms with Crippen LogP contribution in [0.5, 0.6) is 5.88 Å². The fraction of sp³-hybridized carbons (Fsp3) is 0.471. The number of hydrogen-bond acceptors (Lipinski definition) is 5. The van der Waals surface area contributed by atoms with Gasteiger partial charge < -0.3 is 9.47 Å². The molecule has 0 aromatic carbocycles. The van der Waals surface area contributed by atoms with E-state index in [1.54, 1.807) is 49.8 Å². The second-order valence-electron chi connectivity index (χ2n) is 6.98. The second-order valence-corrected chi connectivity index (χ2v) is 7.34. The molecule has 2 heterocycles. The van der Waals surface area contributed by atoms with Gasteiger partial charge in [0.1, 0.15) is 16.9 Å². The van der Waals surface area contributed by atoms with Crippen molar-refractivity contribution in [1.29, 1.82) is 0 Å². The molecule has 0 saturated heterocycles. The van der Waals surface area contributed by atoms with Crippen molar-refractivity contribution in [3.63, 3.8) is 0 Å². The Morgan fingerprint density at radius 3 is 2.62 bits per heavy atom. The molecule has 0 aliphatic heterocycles. The third-order valence-corrected chi connectivity index (χ3v) is 3.85. The number of aromatic nitrogens is 3. The molecule has 7 heteroatoms. The Balaban J connectivity index is 1.76. The lowest BCUT2D eigenvalue weighted by Gasteiger charge is -2.19. The van der Waals surface area contributed by atoms with Crippen LogP contribution in [0.15, 0.2) is 24.4 Å². The smallest absolute Gasteiger partial charge is 0.341 e. The molecule has 6 nitrogen and oxygen atoms in total. The number of pyridine rings is 1. The van der Waals surface area contributed by atoms with Crippen LogP contribution >= 0.6 is 11.6 Å². The average molecular weight is 350 g/mol. The van der Waals surface area contributed by atoms with E-state index in [1.165, 1.54) is 0 Å². The van der Waals surface area contributed by atoms with E-state index in [0.717, 1.165) is 6.42 Å². The SMILES string of the molecule is C[C@H]1C[C@H]1Oc1ccn(-c2ccc(C(=O)OC(C)(C)C)c(Cl)n2)n1. The van der Waals surface area contributed by atoms with Crippen molar-refractivity contribution in [3.8, 4) is 11.7 Å². The van der Waals surface area contributed by atoms with Gasteiger partial charge in [-0.3, -0.25) is 0 Å². The van der Waals surface area contributed by atoms with Gasteiger partial charge in [-0.2, -0.15) is 0 Å². The summed E-state index contributed by atoms with van der Waals surface area (Å²) >= 11 is 6.14. The monoisotopic (exact) mass is 349 g/mol. The molecule has 1 saturated carbocycles. The molecule has 0 radical (unpaired) electrons. The molecule has 24 heavy (non-hydrogen) atoms. The first-order valence-electron chi connectivity index (χ1n) is 7.85. The van der Waals surface area contributed by atoms with Crippen LogP contribution in [-0.2, 0) is 4.74 Å². The highest BCUT2D eigenvalue weighted by atomic mass is 35.5. The lowest BCUT2D eigenvalue weighted by atomic mass is 10.2. The highest BCUT2D eigenvalue weighted by Crippen LogP contribution is 2.33. The number of nitrogens with zero attached hydrogens (tertiary/aromatic N) is 3. The summed E-state index contributed by atoms with van der Waals surface area (Å²) in [6.45, 7) is 7.53. The van der Waals surface area contributed by atoms with Gasteiger partial charge in [-0.1, -0.05) is 18.5 Å². The third-order valence-electron chi connectivity index (χ3n) is 3.56. The van der Waals surface area contributed by atoms with Crippen LogP contribution in [0.1, 0.15) is 44.5 Å². The van der Waals surface area contributed by atoms with Crippen LogP contribution in [0.2, 0.25) is 5.15 Å². The maximum atomic E-state index is 12.1. The molecule has 0 bridgehead atoms. The number of carbonyl (C=O) groups excluding carboxylic acids is 1. The number of ether oxygens (including phenoxy) is 2. The van der Waals surface area contributed by atoms with Gasteiger partial charge in [-0.05, 0) is 45.2 Å². The Kier molecular flexibility index (Phi) is 4.25. The van der Waals surface area contributed by atoms with E-state index in [1.807, 2.05) is 0 Å². The molecule has 2 aromatic rings. The molecule has 2 aromatic heterocycles. The van der Waals surface area contributed by atoms with Crippen molar-refractivity contribution in [3.05, 3.63) is 35.1 Å². The van der Waals surface area contributed by atoms with Crippen LogP contribution in [0.4, 0.5) is 0 Å². The van der Waals surface area contributed by atoms with Crippen LogP contribution in [0.25, 0.3) is 5.82 Å². The molecule has 1 aliphatic carbocycles. The summed E-state index contributed by atoms with van der Waals surface area (Å²) < 4.78 is 12.6. The lowest BCUT2D eigenvalue weighted by Crippen LogP contribution is -2.24. The topological polar surface area (TPSA) is 66.2 Å². The second kappa shape index (κ2) is 6.09. The summed E-state index contributed by atoms with van der Waals surface area (Å²) in [7, 11) is 0. The molecular formula is C17H20ClN3O3. The summed E-state index contributed by atoms with van der Waals surface area (Å²) in [6, 6.07) is 5.04. The highest BCUT2D eigenvalue weighted by molar-refractivity contribution is 6.32. The first-order chi connectivity index (χ1) is 11.2. The minimum atomic E-state index is -0.590. The Hall–Kier alpha value is -2.08. The quantitative estimate of drug-likeness (QED) is 0.622. The van der Waals surface area contributed by atoms with Gasteiger partial charge in [0.2, 0.25) is 5.88 Å². The summed E-state index contributed by atoms with van der Waals surface area (Å²) in [4.78, 5) is 16.3.